The van der Waals surface area contributed by atoms with E-state index in [1.807, 2.05) is 66.7 Å². The van der Waals surface area contributed by atoms with Crippen molar-refractivity contribution in [2.45, 2.75) is 19.8 Å². The van der Waals surface area contributed by atoms with Gasteiger partial charge in [-0.15, -0.1) is 0 Å². The number of rotatable bonds is 6. The Hall–Kier alpha value is -3.80. The second-order valence-corrected chi connectivity index (χ2v) is 8.70. The number of anilines is 1. The molecule has 1 saturated heterocycles. The van der Waals surface area contributed by atoms with Gasteiger partial charge in [-0.2, -0.15) is 0 Å². The van der Waals surface area contributed by atoms with E-state index in [0.717, 1.165) is 65.6 Å². The van der Waals surface area contributed by atoms with E-state index >= 15 is 0 Å². The fourth-order valence-corrected chi connectivity index (χ4v) is 4.33. The third-order valence-corrected chi connectivity index (χ3v) is 6.36. The Morgan fingerprint density at radius 1 is 0.794 bits per heavy atom. The van der Waals surface area contributed by atoms with Gasteiger partial charge in [-0.05, 0) is 61.2 Å². The molecule has 5 rings (SSSR count). The Labute approximate surface area is 200 Å². The average molecular weight is 456 g/mol. The van der Waals surface area contributed by atoms with Gasteiger partial charge in [-0.25, -0.2) is 9.97 Å². The molecule has 2 heterocycles. The molecule has 1 aromatic heterocycles. The maximum Gasteiger partial charge on any atom is 0.162 e. The minimum atomic E-state index is 0.657. The van der Waals surface area contributed by atoms with Gasteiger partial charge in [0, 0.05) is 30.1 Å². The number of nitrogens with zero attached hydrogens (tertiary/aromatic N) is 3. The van der Waals surface area contributed by atoms with Crippen molar-refractivity contribution >= 4 is 16.7 Å². The summed E-state index contributed by atoms with van der Waals surface area (Å²) >= 11 is 0. The van der Waals surface area contributed by atoms with Crippen LogP contribution in [0.3, 0.4) is 0 Å². The molecule has 3 aromatic carbocycles. The normalized spacial score (nSPS) is 14.3. The highest BCUT2D eigenvalue weighted by atomic mass is 16.5. The largest absolute Gasteiger partial charge is 0.493 e. The number of benzene rings is 3. The van der Waals surface area contributed by atoms with Crippen LogP contribution in [0, 0.1) is 5.92 Å². The lowest BCUT2D eigenvalue weighted by Gasteiger charge is -2.32. The van der Waals surface area contributed by atoms with Crippen molar-refractivity contribution in [3.8, 4) is 34.4 Å². The van der Waals surface area contributed by atoms with Crippen molar-refractivity contribution in [2.24, 2.45) is 5.92 Å². The van der Waals surface area contributed by atoms with Gasteiger partial charge in [0.25, 0.3) is 0 Å². The van der Waals surface area contributed by atoms with Crippen molar-refractivity contribution < 1.29 is 14.2 Å². The quantitative estimate of drug-likeness (QED) is 0.338. The first-order chi connectivity index (χ1) is 16.6. The maximum absolute atomic E-state index is 5.94. The van der Waals surface area contributed by atoms with Gasteiger partial charge >= 0.3 is 0 Å². The summed E-state index contributed by atoms with van der Waals surface area (Å²) in [5, 5.41) is 0.972. The van der Waals surface area contributed by atoms with Crippen LogP contribution in [-0.2, 0) is 0 Å². The van der Waals surface area contributed by atoms with Crippen molar-refractivity contribution in [2.75, 3.05) is 32.2 Å². The summed E-state index contributed by atoms with van der Waals surface area (Å²) in [5.41, 5.74) is 1.77. The lowest BCUT2D eigenvalue weighted by molar-refractivity contribution is 0.355. The third-order valence-electron chi connectivity index (χ3n) is 6.36. The van der Waals surface area contributed by atoms with Crippen LogP contribution >= 0.6 is 0 Å². The standard InChI is InChI=1S/C28H29N3O3/c1-19-13-15-31(16-14-19)28-23-17-25(32-2)26(33-3)18-24(23)29-27(30-28)20-9-11-22(12-10-20)34-21-7-5-4-6-8-21/h4-12,17-19H,13-16H2,1-3H3. The van der Waals surface area contributed by atoms with Crippen LogP contribution in [0.4, 0.5) is 5.82 Å². The highest BCUT2D eigenvalue weighted by molar-refractivity contribution is 5.93. The van der Waals surface area contributed by atoms with E-state index in [1.165, 1.54) is 0 Å². The van der Waals surface area contributed by atoms with Crippen molar-refractivity contribution in [3.05, 3.63) is 66.7 Å². The number of para-hydroxylation sites is 1. The van der Waals surface area contributed by atoms with Gasteiger partial charge in [-0.3, -0.25) is 0 Å². The van der Waals surface area contributed by atoms with Gasteiger partial charge in [0.1, 0.15) is 17.3 Å². The van der Waals surface area contributed by atoms with Crippen LogP contribution in [0.5, 0.6) is 23.0 Å². The van der Waals surface area contributed by atoms with E-state index in [9.17, 15) is 0 Å². The molecule has 0 bridgehead atoms. The van der Waals surface area contributed by atoms with Gasteiger partial charge in [0.05, 0.1) is 19.7 Å². The molecule has 0 spiro atoms. The molecule has 6 heteroatoms. The van der Waals surface area contributed by atoms with E-state index in [0.29, 0.717) is 17.3 Å². The van der Waals surface area contributed by atoms with Crippen LogP contribution in [0.1, 0.15) is 19.8 Å². The molecule has 0 aliphatic carbocycles. The highest BCUT2D eigenvalue weighted by Crippen LogP contribution is 2.37. The lowest BCUT2D eigenvalue weighted by Crippen LogP contribution is -2.33. The van der Waals surface area contributed by atoms with Crippen LogP contribution in [0.15, 0.2) is 66.7 Å². The second kappa shape index (κ2) is 9.59. The summed E-state index contributed by atoms with van der Waals surface area (Å²) < 4.78 is 17.1. The van der Waals surface area contributed by atoms with Gasteiger partial charge in [0.15, 0.2) is 17.3 Å². The molecule has 0 saturated carbocycles. The fourth-order valence-electron chi connectivity index (χ4n) is 4.33. The van der Waals surface area contributed by atoms with Gasteiger partial charge in [-0.1, -0.05) is 25.1 Å². The van der Waals surface area contributed by atoms with E-state index in [2.05, 4.69) is 11.8 Å². The van der Waals surface area contributed by atoms with E-state index in [-0.39, 0.29) is 0 Å². The van der Waals surface area contributed by atoms with Crippen LogP contribution in [0.25, 0.3) is 22.3 Å². The molecule has 0 N–H and O–H groups in total. The second-order valence-electron chi connectivity index (χ2n) is 8.70. The zero-order valence-corrected chi connectivity index (χ0v) is 19.8. The molecule has 0 amide bonds. The van der Waals surface area contributed by atoms with Crippen LogP contribution in [-0.4, -0.2) is 37.3 Å². The SMILES string of the molecule is COc1cc2nc(-c3ccc(Oc4ccccc4)cc3)nc(N3CCC(C)CC3)c2cc1OC. The van der Waals surface area contributed by atoms with Crippen LogP contribution in [0.2, 0.25) is 0 Å². The zero-order valence-electron chi connectivity index (χ0n) is 19.8. The Kier molecular flexibility index (Phi) is 6.21. The number of hydrogen-bond acceptors (Lipinski definition) is 6. The Morgan fingerprint density at radius 3 is 2.12 bits per heavy atom. The first kappa shape index (κ1) is 22.0. The molecule has 34 heavy (non-hydrogen) atoms. The maximum atomic E-state index is 5.94. The molecular weight excluding hydrogens is 426 g/mol. The minimum absolute atomic E-state index is 0.657. The van der Waals surface area contributed by atoms with E-state index < -0.39 is 0 Å². The first-order valence-electron chi connectivity index (χ1n) is 11.7. The number of fused-ring (bicyclic) bond motifs is 1. The minimum Gasteiger partial charge on any atom is -0.493 e. The molecule has 174 valence electrons. The Morgan fingerprint density at radius 2 is 1.44 bits per heavy atom. The van der Waals surface area contributed by atoms with Crippen LogP contribution < -0.4 is 19.1 Å². The molecule has 4 aromatic rings. The molecule has 1 fully saturated rings. The van der Waals surface area contributed by atoms with E-state index in [1.54, 1.807) is 14.2 Å². The molecule has 1 aliphatic heterocycles. The number of piperidine rings is 1. The molecule has 6 nitrogen and oxygen atoms in total. The van der Waals surface area contributed by atoms with Crippen molar-refractivity contribution in [1.82, 2.24) is 9.97 Å². The number of ether oxygens (including phenoxy) is 3. The van der Waals surface area contributed by atoms with Crippen molar-refractivity contribution in [1.29, 1.82) is 0 Å². The highest BCUT2D eigenvalue weighted by Gasteiger charge is 2.22. The van der Waals surface area contributed by atoms with Gasteiger partial charge in [0.2, 0.25) is 0 Å². The third kappa shape index (κ3) is 4.49. The molecule has 0 radical (unpaired) electrons. The topological polar surface area (TPSA) is 56.7 Å². The molecule has 1 aliphatic rings. The average Bonchev–Trinajstić information content (AvgIpc) is 2.88. The number of methoxy groups -OCH3 is 2. The summed E-state index contributed by atoms with van der Waals surface area (Å²) in [6.45, 7) is 4.27. The number of aromatic nitrogens is 2. The predicted molar refractivity (Wildman–Crippen MR) is 135 cm³/mol. The number of hydrogen-bond donors (Lipinski definition) is 0. The molecular formula is C28H29N3O3. The summed E-state index contributed by atoms with van der Waals surface area (Å²) in [5.74, 6) is 5.27. The smallest absolute Gasteiger partial charge is 0.162 e. The summed E-state index contributed by atoms with van der Waals surface area (Å²) in [4.78, 5) is 12.3. The molecule has 0 unspecified atom stereocenters. The van der Waals surface area contributed by atoms with Crippen molar-refractivity contribution in [3.63, 3.8) is 0 Å². The first-order valence-corrected chi connectivity index (χ1v) is 11.7. The lowest BCUT2D eigenvalue weighted by atomic mass is 9.99. The van der Waals surface area contributed by atoms with E-state index in [4.69, 9.17) is 24.2 Å². The predicted octanol–water partition coefficient (Wildman–Crippen LogP) is 6.34. The summed E-state index contributed by atoms with van der Waals surface area (Å²) in [6.07, 6.45) is 2.30. The molecule has 0 atom stereocenters. The fraction of sp³-hybridized carbons (Fsp3) is 0.286. The Balaban J connectivity index is 1.55. The zero-order chi connectivity index (χ0) is 23.5. The summed E-state index contributed by atoms with van der Waals surface area (Å²) in [7, 11) is 3.30. The Bertz CT molecular complexity index is 1270. The summed E-state index contributed by atoms with van der Waals surface area (Å²) in [6, 6.07) is 21.6. The van der Waals surface area contributed by atoms with Gasteiger partial charge < -0.3 is 19.1 Å². The monoisotopic (exact) mass is 455 g/mol.